The second-order valence-electron chi connectivity index (χ2n) is 4.03. The summed E-state index contributed by atoms with van der Waals surface area (Å²) in [6.07, 6.45) is 2.32. The van der Waals surface area contributed by atoms with Crippen LogP contribution in [0, 0.1) is 5.41 Å². The van der Waals surface area contributed by atoms with E-state index in [0.717, 1.165) is 5.57 Å². The van der Waals surface area contributed by atoms with Crippen LogP contribution in [0.5, 0.6) is 0 Å². The number of carbonyl (C=O) groups is 2. The lowest BCUT2D eigenvalue weighted by Gasteiger charge is -2.29. The molecular weight excluding hydrogens is 220 g/mol. The van der Waals surface area contributed by atoms with Crippen molar-refractivity contribution >= 4 is 11.9 Å². The Morgan fingerprint density at radius 1 is 1.29 bits per heavy atom. The molecular formula is C13H18O4. The van der Waals surface area contributed by atoms with Crippen LogP contribution in [0.25, 0.3) is 0 Å². The minimum atomic E-state index is -1.21. The average Bonchev–Trinajstić information content (AvgIpc) is 2.29. The van der Waals surface area contributed by atoms with Gasteiger partial charge in [-0.1, -0.05) is 0 Å². The van der Waals surface area contributed by atoms with Crippen LogP contribution >= 0.6 is 0 Å². The standard InChI is InChI=1S/C13H18O4/c1-4-16-11(14)13(12(15)17-5-2)8-6-7-10(3)9-13/h6H,4-5,8-9H2,1-3H3. The smallest absolute Gasteiger partial charge is 0.324 e. The Bertz CT molecular complexity index is 357. The summed E-state index contributed by atoms with van der Waals surface area (Å²) in [5, 5.41) is 0. The van der Waals surface area contributed by atoms with Gasteiger partial charge in [0.25, 0.3) is 0 Å². The lowest BCUT2D eigenvalue weighted by atomic mass is 9.76. The zero-order valence-corrected chi connectivity index (χ0v) is 10.5. The van der Waals surface area contributed by atoms with Gasteiger partial charge >= 0.3 is 11.9 Å². The van der Waals surface area contributed by atoms with Gasteiger partial charge in [-0.25, -0.2) is 0 Å². The molecule has 4 heteroatoms. The minimum absolute atomic E-state index is 0.256. The highest BCUT2D eigenvalue weighted by Crippen LogP contribution is 2.36. The first-order chi connectivity index (χ1) is 8.06. The summed E-state index contributed by atoms with van der Waals surface area (Å²) in [5.41, 5.74) is 2.66. The summed E-state index contributed by atoms with van der Waals surface area (Å²) in [5.74, 6) is -1.01. The molecule has 0 amide bonds. The molecule has 1 rings (SSSR count). The largest absolute Gasteiger partial charge is 0.465 e. The zero-order valence-electron chi connectivity index (χ0n) is 10.5. The highest BCUT2D eigenvalue weighted by Gasteiger charge is 2.48. The fraction of sp³-hybridized carbons (Fsp3) is 0.615. The van der Waals surface area contributed by atoms with Crippen molar-refractivity contribution in [2.45, 2.75) is 33.6 Å². The summed E-state index contributed by atoms with van der Waals surface area (Å²) in [7, 11) is 0. The number of carbonyl (C=O) groups excluding carboxylic acids is 2. The third-order valence-corrected chi connectivity index (χ3v) is 2.70. The summed E-state index contributed by atoms with van der Waals surface area (Å²) < 4.78 is 10.00. The monoisotopic (exact) mass is 238 g/mol. The molecule has 0 atom stereocenters. The normalized spacial score (nSPS) is 17.2. The van der Waals surface area contributed by atoms with Crippen molar-refractivity contribution in [2.75, 3.05) is 13.2 Å². The molecule has 0 saturated carbocycles. The lowest BCUT2D eigenvalue weighted by Crippen LogP contribution is -2.42. The van der Waals surface area contributed by atoms with E-state index < -0.39 is 17.4 Å². The predicted octanol–water partition coefficient (Wildman–Crippen LogP) is 1.99. The molecule has 94 valence electrons. The van der Waals surface area contributed by atoms with Crippen molar-refractivity contribution in [3.05, 3.63) is 17.4 Å². The molecule has 1 aliphatic carbocycles. The maximum absolute atomic E-state index is 12.0. The molecule has 0 fully saturated rings. The van der Waals surface area contributed by atoms with Crippen molar-refractivity contribution in [3.8, 4) is 0 Å². The van der Waals surface area contributed by atoms with Crippen LogP contribution in [-0.2, 0) is 19.1 Å². The number of allylic oxidation sites excluding steroid dienone is 1. The Morgan fingerprint density at radius 2 is 1.82 bits per heavy atom. The molecule has 0 unspecified atom stereocenters. The lowest BCUT2D eigenvalue weighted by molar-refractivity contribution is -0.172. The van der Waals surface area contributed by atoms with Gasteiger partial charge in [0.2, 0.25) is 0 Å². The van der Waals surface area contributed by atoms with Gasteiger partial charge in [0.1, 0.15) is 0 Å². The average molecular weight is 238 g/mol. The van der Waals surface area contributed by atoms with Gasteiger partial charge in [-0.15, -0.1) is 5.73 Å². The molecule has 4 nitrogen and oxygen atoms in total. The molecule has 1 aliphatic rings. The molecule has 0 aromatic carbocycles. The van der Waals surface area contributed by atoms with Crippen LogP contribution in [-0.4, -0.2) is 25.2 Å². The Labute approximate surface area is 101 Å². The SMILES string of the molecule is CCOC(=O)C1(C(=O)OCC)CC=C=C(C)C1. The zero-order chi connectivity index (χ0) is 12.9. The van der Waals surface area contributed by atoms with Crippen LogP contribution in [0.4, 0.5) is 0 Å². The van der Waals surface area contributed by atoms with Gasteiger partial charge in [-0.05, 0) is 38.8 Å². The maximum Gasteiger partial charge on any atom is 0.324 e. The number of ether oxygens (including phenoxy) is 2. The van der Waals surface area contributed by atoms with E-state index in [-0.39, 0.29) is 13.2 Å². The second-order valence-corrected chi connectivity index (χ2v) is 4.03. The summed E-state index contributed by atoms with van der Waals surface area (Å²) in [6.45, 7) is 5.79. The fourth-order valence-electron chi connectivity index (χ4n) is 1.91. The van der Waals surface area contributed by atoms with Crippen LogP contribution in [0.3, 0.4) is 0 Å². The predicted molar refractivity (Wildman–Crippen MR) is 62.2 cm³/mol. The van der Waals surface area contributed by atoms with Gasteiger partial charge in [0.15, 0.2) is 5.41 Å². The van der Waals surface area contributed by atoms with E-state index >= 15 is 0 Å². The first-order valence-electron chi connectivity index (χ1n) is 5.82. The van der Waals surface area contributed by atoms with Crippen molar-refractivity contribution in [1.82, 2.24) is 0 Å². The quantitative estimate of drug-likeness (QED) is 0.427. The highest BCUT2D eigenvalue weighted by atomic mass is 16.6. The van der Waals surface area contributed by atoms with Gasteiger partial charge < -0.3 is 9.47 Å². The van der Waals surface area contributed by atoms with E-state index in [0.29, 0.717) is 12.8 Å². The maximum atomic E-state index is 12.0. The van der Waals surface area contributed by atoms with E-state index in [1.54, 1.807) is 19.9 Å². The van der Waals surface area contributed by atoms with Crippen molar-refractivity contribution in [3.63, 3.8) is 0 Å². The number of rotatable bonds is 4. The number of hydrogen-bond donors (Lipinski definition) is 0. The van der Waals surface area contributed by atoms with E-state index in [1.807, 2.05) is 6.92 Å². The molecule has 0 radical (unpaired) electrons. The summed E-state index contributed by atoms with van der Waals surface area (Å²) in [4.78, 5) is 24.0. The van der Waals surface area contributed by atoms with Gasteiger partial charge in [0.05, 0.1) is 13.2 Å². The third kappa shape index (κ3) is 2.77. The van der Waals surface area contributed by atoms with Crippen LogP contribution in [0.2, 0.25) is 0 Å². The minimum Gasteiger partial charge on any atom is -0.465 e. The molecule has 0 N–H and O–H groups in total. The Balaban J connectivity index is 2.98. The van der Waals surface area contributed by atoms with Crippen LogP contribution in [0.1, 0.15) is 33.6 Å². The van der Waals surface area contributed by atoms with E-state index in [9.17, 15) is 9.59 Å². The number of esters is 2. The fourth-order valence-corrected chi connectivity index (χ4v) is 1.91. The Kier molecular flexibility index (Phi) is 4.53. The van der Waals surface area contributed by atoms with Gasteiger partial charge in [0, 0.05) is 6.42 Å². The molecule has 0 saturated heterocycles. The second kappa shape index (κ2) is 5.69. The molecule has 0 aromatic rings. The first-order valence-corrected chi connectivity index (χ1v) is 5.82. The topological polar surface area (TPSA) is 52.6 Å². The van der Waals surface area contributed by atoms with E-state index in [4.69, 9.17) is 9.47 Å². The first kappa shape index (κ1) is 13.5. The van der Waals surface area contributed by atoms with Crippen molar-refractivity contribution in [1.29, 1.82) is 0 Å². The molecule has 0 heterocycles. The van der Waals surface area contributed by atoms with Crippen LogP contribution < -0.4 is 0 Å². The summed E-state index contributed by atoms with van der Waals surface area (Å²) in [6, 6.07) is 0. The molecule has 0 aliphatic heterocycles. The summed E-state index contributed by atoms with van der Waals surface area (Å²) >= 11 is 0. The molecule has 0 aromatic heterocycles. The van der Waals surface area contributed by atoms with E-state index in [1.165, 1.54) is 0 Å². The Morgan fingerprint density at radius 3 is 2.24 bits per heavy atom. The van der Waals surface area contributed by atoms with Crippen LogP contribution in [0.15, 0.2) is 17.4 Å². The molecule has 17 heavy (non-hydrogen) atoms. The van der Waals surface area contributed by atoms with Crippen molar-refractivity contribution in [2.24, 2.45) is 5.41 Å². The van der Waals surface area contributed by atoms with E-state index in [2.05, 4.69) is 5.73 Å². The molecule has 0 spiro atoms. The molecule has 0 bridgehead atoms. The highest BCUT2D eigenvalue weighted by molar-refractivity contribution is 6.00. The third-order valence-electron chi connectivity index (χ3n) is 2.70. The van der Waals surface area contributed by atoms with Gasteiger partial charge in [-0.2, -0.15) is 0 Å². The number of hydrogen-bond acceptors (Lipinski definition) is 4. The van der Waals surface area contributed by atoms with Crippen molar-refractivity contribution < 1.29 is 19.1 Å². The van der Waals surface area contributed by atoms with Gasteiger partial charge in [-0.3, -0.25) is 9.59 Å². The Hall–Kier alpha value is -1.54.